The Morgan fingerprint density at radius 2 is 2.25 bits per heavy atom. The fraction of sp³-hybridized carbons (Fsp3) is 0.706. The van der Waals surface area contributed by atoms with Crippen molar-refractivity contribution in [2.45, 2.75) is 65.1 Å². The molecule has 0 aromatic carbocycles. The van der Waals surface area contributed by atoms with E-state index >= 15 is 0 Å². The maximum Gasteiger partial charge on any atom is 0.223 e. The number of rotatable bonds is 5. The second kappa shape index (κ2) is 7.03. The summed E-state index contributed by atoms with van der Waals surface area (Å²) < 4.78 is 5.06. The van der Waals surface area contributed by atoms with Crippen molar-refractivity contribution >= 4 is 0 Å². The average Bonchev–Trinajstić information content (AvgIpc) is 3.14. The molecule has 0 radical (unpaired) electrons. The van der Waals surface area contributed by atoms with Crippen molar-refractivity contribution in [2.24, 2.45) is 0 Å². The monoisotopic (exact) mass is 332 g/mol. The van der Waals surface area contributed by atoms with Crippen molar-refractivity contribution in [3.63, 3.8) is 0 Å². The molecular formula is C17H28N6O. The summed E-state index contributed by atoms with van der Waals surface area (Å²) in [6.07, 6.45) is 4.33. The molecule has 0 spiro atoms. The predicted molar refractivity (Wildman–Crippen MR) is 91.5 cm³/mol. The third-order valence-electron chi connectivity index (χ3n) is 4.49. The van der Waals surface area contributed by atoms with E-state index in [2.05, 4.69) is 51.3 Å². The first-order valence-electron chi connectivity index (χ1n) is 8.69. The van der Waals surface area contributed by atoms with Crippen molar-refractivity contribution in [1.82, 2.24) is 30.6 Å². The van der Waals surface area contributed by atoms with Crippen molar-refractivity contribution in [1.29, 1.82) is 0 Å². The van der Waals surface area contributed by atoms with Gasteiger partial charge in [0, 0.05) is 42.7 Å². The van der Waals surface area contributed by atoms with Crippen molar-refractivity contribution in [3.05, 3.63) is 29.2 Å². The van der Waals surface area contributed by atoms with Gasteiger partial charge in [0.05, 0.1) is 12.7 Å². The summed E-state index contributed by atoms with van der Waals surface area (Å²) in [4.78, 5) is 6.70. The van der Waals surface area contributed by atoms with Gasteiger partial charge in [-0.15, -0.1) is 0 Å². The largest absolute Gasteiger partial charge is 0.340 e. The van der Waals surface area contributed by atoms with Gasteiger partial charge in [-0.05, 0) is 19.4 Å². The van der Waals surface area contributed by atoms with Crippen LogP contribution in [-0.4, -0.2) is 44.4 Å². The van der Waals surface area contributed by atoms with Gasteiger partial charge in [0.25, 0.3) is 0 Å². The molecule has 1 aliphatic heterocycles. The van der Waals surface area contributed by atoms with Crippen LogP contribution >= 0.6 is 0 Å². The fourth-order valence-corrected chi connectivity index (χ4v) is 3.32. The number of H-pyrrole nitrogens is 1. The van der Waals surface area contributed by atoms with Crippen LogP contribution in [0.4, 0.5) is 0 Å². The summed E-state index contributed by atoms with van der Waals surface area (Å²) in [5, 5.41) is 15.1. The highest BCUT2D eigenvalue weighted by atomic mass is 16.5. The molecule has 7 nitrogen and oxygen atoms in total. The Balaban J connectivity index is 1.53. The van der Waals surface area contributed by atoms with E-state index in [4.69, 9.17) is 4.52 Å². The first-order chi connectivity index (χ1) is 11.4. The normalized spacial score (nSPS) is 19.8. The third kappa shape index (κ3) is 4.21. The van der Waals surface area contributed by atoms with Crippen LogP contribution in [0.25, 0.3) is 0 Å². The quantitative estimate of drug-likeness (QED) is 0.873. The molecule has 3 rings (SSSR count). The van der Waals surface area contributed by atoms with E-state index in [1.807, 2.05) is 13.1 Å². The third-order valence-corrected chi connectivity index (χ3v) is 4.49. The molecule has 1 atom stereocenters. The number of hydrogen-bond donors (Lipinski definition) is 2. The van der Waals surface area contributed by atoms with Crippen LogP contribution in [0.3, 0.4) is 0 Å². The maximum atomic E-state index is 5.06. The molecule has 0 amide bonds. The van der Waals surface area contributed by atoms with Gasteiger partial charge in [-0.3, -0.25) is 10.00 Å². The SMILES string of the molecule is Cc1nc(CN2CCC[C@H](NCc3cn[nH]c3C(C)(C)C)C2)no1. The van der Waals surface area contributed by atoms with Gasteiger partial charge in [-0.1, -0.05) is 25.9 Å². The number of hydrogen-bond acceptors (Lipinski definition) is 6. The lowest BCUT2D eigenvalue weighted by Crippen LogP contribution is -2.45. The molecule has 1 fully saturated rings. The molecule has 0 bridgehead atoms. The number of aryl methyl sites for hydroxylation is 1. The average molecular weight is 332 g/mol. The van der Waals surface area contributed by atoms with Crippen LogP contribution in [0.2, 0.25) is 0 Å². The Labute approximate surface area is 143 Å². The molecule has 3 heterocycles. The summed E-state index contributed by atoms with van der Waals surface area (Å²) in [7, 11) is 0. The highest BCUT2D eigenvalue weighted by Gasteiger charge is 2.23. The zero-order valence-corrected chi connectivity index (χ0v) is 15.1. The molecule has 24 heavy (non-hydrogen) atoms. The van der Waals surface area contributed by atoms with E-state index in [9.17, 15) is 0 Å². The molecule has 1 saturated heterocycles. The van der Waals surface area contributed by atoms with E-state index < -0.39 is 0 Å². The molecule has 0 saturated carbocycles. The van der Waals surface area contributed by atoms with Crippen LogP contribution < -0.4 is 5.32 Å². The molecule has 0 unspecified atom stereocenters. The molecule has 0 aliphatic carbocycles. The number of piperidine rings is 1. The van der Waals surface area contributed by atoms with Gasteiger partial charge in [-0.25, -0.2) is 0 Å². The second-order valence-electron chi connectivity index (χ2n) is 7.71. The van der Waals surface area contributed by atoms with Crippen molar-refractivity contribution in [3.8, 4) is 0 Å². The highest BCUT2D eigenvalue weighted by Crippen LogP contribution is 2.23. The topological polar surface area (TPSA) is 82.9 Å². The van der Waals surface area contributed by atoms with Crippen LogP contribution in [0.1, 0.15) is 56.6 Å². The Kier molecular flexibility index (Phi) is 5.01. The molecule has 7 heteroatoms. The van der Waals surface area contributed by atoms with Gasteiger partial charge < -0.3 is 9.84 Å². The van der Waals surface area contributed by atoms with Crippen LogP contribution in [0.15, 0.2) is 10.7 Å². The minimum atomic E-state index is 0.0859. The first-order valence-corrected chi connectivity index (χ1v) is 8.69. The lowest BCUT2D eigenvalue weighted by molar-refractivity contribution is 0.177. The summed E-state index contributed by atoms with van der Waals surface area (Å²) in [5.41, 5.74) is 2.56. The molecule has 132 valence electrons. The van der Waals surface area contributed by atoms with Gasteiger partial charge >= 0.3 is 0 Å². The Morgan fingerprint density at radius 1 is 1.42 bits per heavy atom. The van der Waals surface area contributed by atoms with Crippen LogP contribution in [0.5, 0.6) is 0 Å². The van der Waals surface area contributed by atoms with Gasteiger partial charge in [0.2, 0.25) is 5.89 Å². The van der Waals surface area contributed by atoms with Crippen molar-refractivity contribution in [2.75, 3.05) is 13.1 Å². The minimum Gasteiger partial charge on any atom is -0.340 e. The molecular weight excluding hydrogens is 304 g/mol. The van der Waals surface area contributed by atoms with E-state index in [1.54, 1.807) is 0 Å². The lowest BCUT2D eigenvalue weighted by Gasteiger charge is -2.32. The Bertz CT molecular complexity index is 656. The lowest BCUT2D eigenvalue weighted by atomic mass is 9.89. The number of likely N-dealkylation sites (tertiary alicyclic amines) is 1. The molecule has 2 aromatic heterocycles. The van der Waals surface area contributed by atoms with Crippen LogP contribution in [-0.2, 0) is 18.5 Å². The Morgan fingerprint density at radius 3 is 2.96 bits per heavy atom. The fourth-order valence-electron chi connectivity index (χ4n) is 3.32. The first kappa shape index (κ1) is 17.1. The number of aromatic amines is 1. The molecule has 1 aliphatic rings. The van der Waals surface area contributed by atoms with E-state index in [0.29, 0.717) is 11.9 Å². The number of nitrogens with one attached hydrogen (secondary N) is 2. The summed E-state index contributed by atoms with van der Waals surface area (Å²) >= 11 is 0. The standard InChI is InChI=1S/C17H28N6O/c1-12-20-15(22-24-12)11-23-7-5-6-14(10-23)18-8-13-9-19-21-16(13)17(2,3)4/h9,14,18H,5-8,10-11H2,1-4H3,(H,19,21)/t14-/m0/s1. The smallest absolute Gasteiger partial charge is 0.223 e. The number of nitrogens with zero attached hydrogens (tertiary/aromatic N) is 4. The summed E-state index contributed by atoms with van der Waals surface area (Å²) in [6.45, 7) is 12.2. The minimum absolute atomic E-state index is 0.0859. The molecule has 2 N–H and O–H groups in total. The summed E-state index contributed by atoms with van der Waals surface area (Å²) in [5.74, 6) is 1.41. The highest BCUT2D eigenvalue weighted by molar-refractivity contribution is 5.23. The zero-order chi connectivity index (χ0) is 17.2. The van der Waals surface area contributed by atoms with E-state index in [-0.39, 0.29) is 5.41 Å². The second-order valence-corrected chi connectivity index (χ2v) is 7.71. The zero-order valence-electron chi connectivity index (χ0n) is 15.1. The predicted octanol–water partition coefficient (Wildman–Crippen LogP) is 2.15. The van der Waals surface area contributed by atoms with Gasteiger partial charge in [-0.2, -0.15) is 10.1 Å². The number of aromatic nitrogens is 4. The summed E-state index contributed by atoms with van der Waals surface area (Å²) in [6, 6.07) is 0.481. The Hall–Kier alpha value is -1.73. The van der Waals surface area contributed by atoms with E-state index in [0.717, 1.165) is 32.0 Å². The van der Waals surface area contributed by atoms with Crippen LogP contribution in [0, 0.1) is 6.92 Å². The van der Waals surface area contributed by atoms with Crippen molar-refractivity contribution < 1.29 is 4.52 Å². The van der Waals surface area contributed by atoms with Gasteiger partial charge in [0.15, 0.2) is 5.82 Å². The van der Waals surface area contributed by atoms with Gasteiger partial charge in [0.1, 0.15) is 0 Å². The van der Waals surface area contributed by atoms with E-state index in [1.165, 1.54) is 24.1 Å². The molecule has 2 aromatic rings. The maximum absolute atomic E-state index is 5.06.